The number of hydrogen-bond acceptors (Lipinski definition) is 4. The summed E-state index contributed by atoms with van der Waals surface area (Å²) in [6.45, 7) is 3.96. The fourth-order valence-electron chi connectivity index (χ4n) is 4.67. The third-order valence-corrected chi connectivity index (χ3v) is 7.08. The Morgan fingerprint density at radius 2 is 2.07 bits per heavy atom. The Morgan fingerprint density at radius 3 is 2.83 bits per heavy atom. The van der Waals surface area contributed by atoms with E-state index in [0.29, 0.717) is 24.3 Å². The van der Waals surface area contributed by atoms with Gasteiger partial charge in [0.25, 0.3) is 0 Å². The zero-order valence-corrected chi connectivity index (χ0v) is 17.9. The molecule has 2 atom stereocenters. The minimum Gasteiger partial charge on any atom is -0.497 e. The van der Waals surface area contributed by atoms with Crippen LogP contribution in [0, 0.1) is 5.92 Å². The Labute approximate surface area is 177 Å². The molecule has 2 aromatic rings. The summed E-state index contributed by atoms with van der Waals surface area (Å²) < 4.78 is 5.22. The van der Waals surface area contributed by atoms with Crippen LogP contribution in [-0.4, -0.2) is 55.0 Å². The second-order valence-corrected chi connectivity index (χ2v) is 9.06. The summed E-state index contributed by atoms with van der Waals surface area (Å²) in [6, 6.07) is 12.9. The van der Waals surface area contributed by atoms with Crippen LogP contribution in [0.25, 0.3) is 6.08 Å². The fourth-order valence-corrected chi connectivity index (χ4v) is 5.37. The van der Waals surface area contributed by atoms with E-state index in [1.807, 2.05) is 23.6 Å². The first kappa shape index (κ1) is 20.2. The van der Waals surface area contributed by atoms with E-state index < -0.39 is 0 Å². The van der Waals surface area contributed by atoms with E-state index in [-0.39, 0.29) is 0 Å². The molecule has 2 fully saturated rings. The molecule has 4 nitrogen and oxygen atoms in total. The van der Waals surface area contributed by atoms with Crippen molar-refractivity contribution >= 4 is 23.3 Å². The number of piperidine rings is 2. The summed E-state index contributed by atoms with van der Waals surface area (Å²) in [7, 11) is 1.69. The van der Waals surface area contributed by atoms with Gasteiger partial charge in [0.1, 0.15) is 5.75 Å². The maximum absolute atomic E-state index is 12.7. The third kappa shape index (κ3) is 5.09. The smallest absolute Gasteiger partial charge is 0.227 e. The van der Waals surface area contributed by atoms with E-state index in [1.165, 1.54) is 23.3 Å². The average Bonchev–Trinajstić information content (AvgIpc) is 3.27. The molecule has 1 aromatic carbocycles. The van der Waals surface area contributed by atoms with Crippen molar-refractivity contribution in [3.05, 3.63) is 58.3 Å². The zero-order chi connectivity index (χ0) is 20.1. The Balaban J connectivity index is 1.31. The van der Waals surface area contributed by atoms with E-state index in [9.17, 15) is 4.79 Å². The predicted octanol–water partition coefficient (Wildman–Crippen LogP) is 4.33. The van der Waals surface area contributed by atoms with E-state index >= 15 is 0 Å². The van der Waals surface area contributed by atoms with Gasteiger partial charge in [0, 0.05) is 30.6 Å². The number of carbonyl (C=O) groups excluding carboxylic acids is 1. The number of thiophene rings is 1. The molecule has 0 spiro atoms. The highest BCUT2D eigenvalue weighted by Gasteiger charge is 2.36. The van der Waals surface area contributed by atoms with Crippen molar-refractivity contribution in [3.8, 4) is 5.75 Å². The molecule has 2 aliphatic heterocycles. The van der Waals surface area contributed by atoms with Gasteiger partial charge in [0.2, 0.25) is 5.91 Å². The number of hydrogen-bond donors (Lipinski definition) is 0. The van der Waals surface area contributed by atoms with Crippen molar-refractivity contribution in [2.45, 2.75) is 31.7 Å². The number of likely N-dealkylation sites (tertiary alicyclic amines) is 2. The van der Waals surface area contributed by atoms with Gasteiger partial charge in [0.15, 0.2) is 0 Å². The van der Waals surface area contributed by atoms with Crippen LogP contribution in [0.4, 0.5) is 0 Å². The van der Waals surface area contributed by atoms with Gasteiger partial charge >= 0.3 is 0 Å². The second-order valence-electron chi connectivity index (χ2n) is 8.02. The molecule has 5 heteroatoms. The normalized spacial score (nSPS) is 22.6. The summed E-state index contributed by atoms with van der Waals surface area (Å²) in [5.41, 5.74) is 1.20. The molecule has 0 saturated carbocycles. The summed E-state index contributed by atoms with van der Waals surface area (Å²) in [5, 5.41) is 2.05. The highest BCUT2D eigenvalue weighted by Crippen LogP contribution is 2.31. The first-order chi connectivity index (χ1) is 14.2. The maximum atomic E-state index is 12.7. The molecule has 154 valence electrons. The largest absolute Gasteiger partial charge is 0.497 e. The Morgan fingerprint density at radius 1 is 1.21 bits per heavy atom. The SMILES string of the molecule is COc1ccc(/C=C/CN2CCC[C@@H]3CN(C(=O)Cc4cccs4)CC[C@@H]32)cc1. The third-order valence-electron chi connectivity index (χ3n) is 6.21. The van der Waals surface area contributed by atoms with Crippen LogP contribution in [0.2, 0.25) is 0 Å². The standard InChI is InChI=1S/C24H30N2O2S/c1-28-21-10-8-19(9-11-21)5-2-13-25-14-3-6-20-18-26(15-12-23(20)25)24(27)17-22-7-4-16-29-22/h2,4-5,7-11,16,20,23H,3,6,12-15,17-18H2,1H3/b5-2+/t20-,23+/m1/s1. The lowest BCUT2D eigenvalue weighted by Crippen LogP contribution is -2.55. The predicted molar refractivity (Wildman–Crippen MR) is 119 cm³/mol. The summed E-state index contributed by atoms with van der Waals surface area (Å²) in [5.74, 6) is 1.79. The van der Waals surface area contributed by atoms with Crippen molar-refractivity contribution in [2.75, 3.05) is 33.3 Å². The molecule has 29 heavy (non-hydrogen) atoms. The highest BCUT2D eigenvalue weighted by atomic mass is 32.1. The number of methoxy groups -OCH3 is 1. The molecule has 4 rings (SSSR count). The number of nitrogens with zero attached hydrogens (tertiary/aromatic N) is 2. The van der Waals surface area contributed by atoms with Gasteiger partial charge < -0.3 is 9.64 Å². The molecule has 2 aliphatic rings. The van der Waals surface area contributed by atoms with Crippen molar-refractivity contribution in [2.24, 2.45) is 5.92 Å². The lowest BCUT2D eigenvalue weighted by molar-refractivity contribution is -0.134. The van der Waals surface area contributed by atoms with Crippen LogP contribution in [-0.2, 0) is 11.2 Å². The van der Waals surface area contributed by atoms with Crippen LogP contribution in [0.3, 0.4) is 0 Å². The van der Waals surface area contributed by atoms with Crippen molar-refractivity contribution in [1.29, 1.82) is 0 Å². The van der Waals surface area contributed by atoms with Gasteiger partial charge in [-0.05, 0) is 60.9 Å². The molecule has 1 amide bonds. The number of rotatable bonds is 6. The van der Waals surface area contributed by atoms with Crippen molar-refractivity contribution in [3.63, 3.8) is 0 Å². The zero-order valence-electron chi connectivity index (χ0n) is 17.1. The van der Waals surface area contributed by atoms with Crippen molar-refractivity contribution in [1.82, 2.24) is 9.80 Å². The van der Waals surface area contributed by atoms with Crippen LogP contribution in [0.1, 0.15) is 29.7 Å². The molecule has 0 unspecified atom stereocenters. The molecule has 3 heterocycles. The fraction of sp³-hybridized carbons (Fsp3) is 0.458. The number of benzene rings is 1. The Bertz CT molecular complexity index is 816. The number of carbonyl (C=O) groups is 1. The van der Waals surface area contributed by atoms with Gasteiger partial charge in [-0.15, -0.1) is 11.3 Å². The Hall–Kier alpha value is -2.11. The number of amides is 1. The summed E-state index contributed by atoms with van der Waals surface area (Å²) in [4.78, 5) is 18.6. The number of ether oxygens (including phenoxy) is 1. The first-order valence-electron chi connectivity index (χ1n) is 10.6. The van der Waals surface area contributed by atoms with E-state index in [4.69, 9.17) is 4.74 Å². The molecular weight excluding hydrogens is 380 g/mol. The van der Waals surface area contributed by atoms with Crippen LogP contribution >= 0.6 is 11.3 Å². The van der Waals surface area contributed by atoms with Gasteiger partial charge in [-0.1, -0.05) is 30.4 Å². The van der Waals surface area contributed by atoms with Gasteiger partial charge in [-0.25, -0.2) is 0 Å². The molecule has 0 bridgehead atoms. The van der Waals surface area contributed by atoms with Gasteiger partial charge in [-0.3, -0.25) is 9.69 Å². The first-order valence-corrected chi connectivity index (χ1v) is 11.5. The molecule has 0 N–H and O–H groups in total. The number of fused-ring (bicyclic) bond motifs is 1. The lowest BCUT2D eigenvalue weighted by atomic mass is 9.83. The van der Waals surface area contributed by atoms with E-state index in [2.05, 4.69) is 40.2 Å². The molecule has 0 aliphatic carbocycles. The van der Waals surface area contributed by atoms with Crippen LogP contribution < -0.4 is 4.74 Å². The van der Waals surface area contributed by atoms with Crippen LogP contribution in [0.5, 0.6) is 5.75 Å². The molecular formula is C24H30N2O2S. The molecule has 0 radical (unpaired) electrons. The van der Waals surface area contributed by atoms with Gasteiger partial charge in [-0.2, -0.15) is 0 Å². The summed E-state index contributed by atoms with van der Waals surface area (Å²) >= 11 is 1.68. The van der Waals surface area contributed by atoms with Crippen molar-refractivity contribution < 1.29 is 9.53 Å². The summed E-state index contributed by atoms with van der Waals surface area (Å²) in [6.07, 6.45) is 8.60. The minimum atomic E-state index is 0.294. The Kier molecular flexibility index (Phi) is 6.67. The second kappa shape index (κ2) is 9.59. The monoisotopic (exact) mass is 410 g/mol. The molecule has 1 aromatic heterocycles. The topological polar surface area (TPSA) is 32.8 Å². The molecule has 2 saturated heterocycles. The minimum absolute atomic E-state index is 0.294. The maximum Gasteiger partial charge on any atom is 0.227 e. The van der Waals surface area contributed by atoms with Crippen LogP contribution in [0.15, 0.2) is 47.9 Å². The average molecular weight is 411 g/mol. The highest BCUT2D eigenvalue weighted by molar-refractivity contribution is 7.10. The lowest BCUT2D eigenvalue weighted by Gasteiger charge is -2.47. The quantitative estimate of drug-likeness (QED) is 0.711. The van der Waals surface area contributed by atoms with Gasteiger partial charge in [0.05, 0.1) is 13.5 Å². The van der Waals surface area contributed by atoms with E-state index in [0.717, 1.165) is 38.3 Å². The van der Waals surface area contributed by atoms with E-state index in [1.54, 1.807) is 18.4 Å².